The largest absolute Gasteiger partial charge is 0.447 e. The molecule has 110 valence electrons. The molecule has 0 aliphatic carbocycles. The quantitative estimate of drug-likeness (QED) is 0.756. The van der Waals surface area contributed by atoms with Crippen molar-refractivity contribution in [2.24, 2.45) is 0 Å². The summed E-state index contributed by atoms with van der Waals surface area (Å²) in [6.07, 6.45) is 1.83. The van der Waals surface area contributed by atoms with Gasteiger partial charge in [0.05, 0.1) is 6.54 Å². The smallest absolute Gasteiger partial charge is 0.276 e. The first-order chi connectivity index (χ1) is 9.06. The highest BCUT2D eigenvalue weighted by Gasteiger charge is 2.25. The molecule has 0 amide bonds. The van der Waals surface area contributed by atoms with Gasteiger partial charge in [0.2, 0.25) is 5.09 Å². The minimum Gasteiger partial charge on any atom is -0.447 e. The topological polar surface area (TPSA) is 62.6 Å². The van der Waals surface area contributed by atoms with E-state index in [4.69, 9.17) is 4.42 Å². The lowest BCUT2D eigenvalue weighted by molar-refractivity contribution is 0.366. The van der Waals surface area contributed by atoms with E-state index >= 15 is 0 Å². The Balaban J connectivity index is 2.82. The molecule has 1 N–H and O–H groups in total. The van der Waals surface area contributed by atoms with E-state index in [1.54, 1.807) is 6.07 Å². The lowest BCUT2D eigenvalue weighted by Gasteiger charge is -2.18. The van der Waals surface area contributed by atoms with Crippen LogP contribution in [0.2, 0.25) is 0 Å². The number of hydrogen-bond acceptors (Lipinski definition) is 4. The Kier molecular flexibility index (Phi) is 6.54. The molecule has 0 bridgehead atoms. The SMILES string of the molecule is CCCCN(CC)S(=O)(=O)c1ccc(CNCC)o1. The summed E-state index contributed by atoms with van der Waals surface area (Å²) in [7, 11) is -3.49. The molecule has 0 aromatic carbocycles. The van der Waals surface area contributed by atoms with Crippen molar-refractivity contribution in [3.63, 3.8) is 0 Å². The van der Waals surface area contributed by atoms with E-state index in [1.807, 2.05) is 20.8 Å². The lowest BCUT2D eigenvalue weighted by Crippen LogP contribution is -2.31. The Labute approximate surface area is 116 Å². The number of nitrogens with one attached hydrogen (secondary N) is 1. The molecule has 0 saturated heterocycles. The van der Waals surface area contributed by atoms with Gasteiger partial charge in [0.15, 0.2) is 0 Å². The molecule has 0 unspecified atom stereocenters. The van der Waals surface area contributed by atoms with E-state index in [0.29, 0.717) is 25.4 Å². The van der Waals surface area contributed by atoms with Crippen molar-refractivity contribution >= 4 is 10.0 Å². The second kappa shape index (κ2) is 7.67. The minimum absolute atomic E-state index is 0.0401. The van der Waals surface area contributed by atoms with Crippen LogP contribution in [0, 0.1) is 0 Å². The fourth-order valence-electron chi connectivity index (χ4n) is 1.75. The molecular weight excluding hydrogens is 264 g/mol. The summed E-state index contributed by atoms with van der Waals surface area (Å²) in [4.78, 5) is 0. The van der Waals surface area contributed by atoms with Gasteiger partial charge in [0, 0.05) is 13.1 Å². The van der Waals surface area contributed by atoms with Crippen LogP contribution in [0.4, 0.5) is 0 Å². The van der Waals surface area contributed by atoms with Crippen LogP contribution < -0.4 is 5.32 Å². The van der Waals surface area contributed by atoms with E-state index in [2.05, 4.69) is 5.32 Å². The monoisotopic (exact) mass is 288 g/mol. The number of unbranched alkanes of at least 4 members (excludes halogenated alkanes) is 1. The molecule has 0 saturated carbocycles. The van der Waals surface area contributed by atoms with Gasteiger partial charge < -0.3 is 9.73 Å². The maximum absolute atomic E-state index is 12.4. The number of furan rings is 1. The Bertz CT molecular complexity index is 468. The first kappa shape index (κ1) is 16.2. The van der Waals surface area contributed by atoms with Gasteiger partial charge in [-0.15, -0.1) is 0 Å². The van der Waals surface area contributed by atoms with Crippen molar-refractivity contribution in [3.05, 3.63) is 17.9 Å². The highest BCUT2D eigenvalue weighted by atomic mass is 32.2. The zero-order chi connectivity index (χ0) is 14.3. The summed E-state index contributed by atoms with van der Waals surface area (Å²) in [5.41, 5.74) is 0. The summed E-state index contributed by atoms with van der Waals surface area (Å²) < 4.78 is 31.6. The molecule has 0 aliphatic heterocycles. The Hall–Kier alpha value is -0.850. The second-order valence-corrected chi connectivity index (χ2v) is 6.22. The molecule has 1 heterocycles. The maximum Gasteiger partial charge on any atom is 0.276 e. The third-order valence-corrected chi connectivity index (χ3v) is 4.74. The van der Waals surface area contributed by atoms with Crippen LogP contribution in [0.1, 0.15) is 39.4 Å². The number of rotatable bonds is 9. The molecule has 0 fully saturated rings. The van der Waals surface area contributed by atoms with Crippen LogP contribution in [-0.2, 0) is 16.6 Å². The van der Waals surface area contributed by atoms with Gasteiger partial charge in [0.25, 0.3) is 10.0 Å². The Morgan fingerprint density at radius 2 is 2.00 bits per heavy atom. The van der Waals surface area contributed by atoms with Crippen LogP contribution in [0.25, 0.3) is 0 Å². The molecule has 0 aliphatic rings. The first-order valence-corrected chi connectivity index (χ1v) is 8.29. The van der Waals surface area contributed by atoms with Gasteiger partial charge in [-0.1, -0.05) is 27.2 Å². The van der Waals surface area contributed by atoms with Gasteiger partial charge in [-0.05, 0) is 25.1 Å². The Morgan fingerprint density at radius 3 is 2.58 bits per heavy atom. The van der Waals surface area contributed by atoms with Crippen molar-refractivity contribution in [2.45, 2.75) is 45.2 Å². The van der Waals surface area contributed by atoms with Crippen molar-refractivity contribution < 1.29 is 12.8 Å². The van der Waals surface area contributed by atoms with Gasteiger partial charge in [0.1, 0.15) is 5.76 Å². The fraction of sp³-hybridized carbons (Fsp3) is 0.692. The van der Waals surface area contributed by atoms with E-state index in [1.165, 1.54) is 10.4 Å². The van der Waals surface area contributed by atoms with Crippen LogP contribution >= 0.6 is 0 Å². The summed E-state index contributed by atoms with van der Waals surface area (Å²) >= 11 is 0. The summed E-state index contributed by atoms with van der Waals surface area (Å²) in [6.45, 7) is 8.25. The third kappa shape index (κ3) is 4.33. The van der Waals surface area contributed by atoms with Gasteiger partial charge in [-0.2, -0.15) is 4.31 Å². The minimum atomic E-state index is -3.49. The predicted octanol–water partition coefficient (Wildman–Crippen LogP) is 2.20. The summed E-state index contributed by atoms with van der Waals surface area (Å²) in [6, 6.07) is 3.25. The van der Waals surface area contributed by atoms with Crippen LogP contribution in [0.3, 0.4) is 0 Å². The molecule has 19 heavy (non-hydrogen) atoms. The van der Waals surface area contributed by atoms with Crippen LogP contribution in [-0.4, -0.2) is 32.4 Å². The summed E-state index contributed by atoms with van der Waals surface area (Å²) in [5, 5.41) is 3.14. The highest BCUT2D eigenvalue weighted by molar-refractivity contribution is 7.89. The fourth-order valence-corrected chi connectivity index (χ4v) is 3.17. The molecule has 5 nitrogen and oxygen atoms in total. The van der Waals surface area contributed by atoms with Crippen molar-refractivity contribution in [1.29, 1.82) is 0 Å². The molecule has 0 radical (unpaired) electrons. The zero-order valence-electron chi connectivity index (χ0n) is 12.0. The molecule has 1 aromatic heterocycles. The van der Waals surface area contributed by atoms with Crippen molar-refractivity contribution in [2.75, 3.05) is 19.6 Å². The second-order valence-electron chi connectivity index (χ2n) is 4.35. The first-order valence-electron chi connectivity index (χ1n) is 6.85. The highest BCUT2D eigenvalue weighted by Crippen LogP contribution is 2.19. The van der Waals surface area contributed by atoms with Crippen molar-refractivity contribution in [3.8, 4) is 0 Å². The standard InChI is InChI=1S/C13H24N2O3S/c1-4-7-10-15(6-3)19(16,17)13-9-8-12(18-13)11-14-5-2/h8-9,14H,4-7,10-11H2,1-3H3. The number of hydrogen-bond donors (Lipinski definition) is 1. The number of nitrogens with zero attached hydrogens (tertiary/aromatic N) is 1. The molecular formula is C13H24N2O3S. The van der Waals surface area contributed by atoms with E-state index in [9.17, 15) is 8.42 Å². The van der Waals surface area contributed by atoms with Gasteiger partial charge in [-0.25, -0.2) is 8.42 Å². The maximum atomic E-state index is 12.4. The van der Waals surface area contributed by atoms with E-state index in [-0.39, 0.29) is 5.09 Å². The molecule has 1 aromatic rings. The predicted molar refractivity (Wildman–Crippen MR) is 75.4 cm³/mol. The normalized spacial score (nSPS) is 12.2. The van der Waals surface area contributed by atoms with Gasteiger partial charge >= 0.3 is 0 Å². The average Bonchev–Trinajstić information content (AvgIpc) is 2.86. The van der Waals surface area contributed by atoms with Gasteiger partial charge in [-0.3, -0.25) is 0 Å². The van der Waals surface area contributed by atoms with E-state index in [0.717, 1.165) is 19.4 Å². The van der Waals surface area contributed by atoms with Crippen LogP contribution in [0.15, 0.2) is 21.6 Å². The third-order valence-electron chi connectivity index (χ3n) is 2.89. The molecule has 1 rings (SSSR count). The molecule has 0 spiro atoms. The lowest BCUT2D eigenvalue weighted by atomic mass is 10.3. The number of sulfonamides is 1. The van der Waals surface area contributed by atoms with Crippen LogP contribution in [0.5, 0.6) is 0 Å². The Morgan fingerprint density at radius 1 is 1.26 bits per heavy atom. The molecule has 0 atom stereocenters. The molecule has 6 heteroatoms. The van der Waals surface area contributed by atoms with E-state index < -0.39 is 10.0 Å². The van der Waals surface area contributed by atoms with Crippen molar-refractivity contribution in [1.82, 2.24) is 9.62 Å². The zero-order valence-corrected chi connectivity index (χ0v) is 12.8. The average molecular weight is 288 g/mol. The summed E-state index contributed by atoms with van der Waals surface area (Å²) in [5.74, 6) is 0.645.